The summed E-state index contributed by atoms with van der Waals surface area (Å²) < 4.78 is 97.2. The van der Waals surface area contributed by atoms with E-state index in [0.29, 0.717) is 11.1 Å². The summed E-state index contributed by atoms with van der Waals surface area (Å²) in [7, 11) is 0. The fourth-order valence-corrected chi connectivity index (χ4v) is 6.63. The van der Waals surface area contributed by atoms with Crippen molar-refractivity contribution in [1.29, 1.82) is 0 Å². The number of benzene rings is 4. The van der Waals surface area contributed by atoms with Gasteiger partial charge in [0.15, 0.2) is 5.60 Å². The van der Waals surface area contributed by atoms with Crippen LogP contribution in [-0.2, 0) is 35.4 Å². The molecule has 1 saturated heterocycles. The van der Waals surface area contributed by atoms with Crippen LogP contribution in [0.3, 0.4) is 0 Å². The summed E-state index contributed by atoms with van der Waals surface area (Å²) in [6.07, 6.45) is -16.3. The first-order valence-corrected chi connectivity index (χ1v) is 16.1. The Morgan fingerprint density at radius 1 is 0.706 bits per heavy atom. The van der Waals surface area contributed by atoms with Crippen molar-refractivity contribution in [2.45, 2.75) is 68.1 Å². The van der Waals surface area contributed by atoms with Crippen LogP contribution in [0, 0.1) is 5.92 Å². The van der Waals surface area contributed by atoms with Gasteiger partial charge in [0, 0.05) is 12.3 Å². The number of ether oxygens (including phenoxy) is 1. The molecule has 0 saturated carbocycles. The van der Waals surface area contributed by atoms with E-state index in [9.17, 15) is 19.8 Å². The van der Waals surface area contributed by atoms with Crippen LogP contribution in [0.1, 0.15) is 28.7 Å². The van der Waals surface area contributed by atoms with Gasteiger partial charge in [0.25, 0.3) is 0 Å². The third kappa shape index (κ3) is 8.20. The minimum atomic E-state index is -5.73. The molecule has 5 atom stereocenters. The summed E-state index contributed by atoms with van der Waals surface area (Å²) in [5.41, 5.74) is -7.10. The van der Waals surface area contributed by atoms with E-state index in [1.165, 1.54) is 66.7 Å². The van der Waals surface area contributed by atoms with E-state index in [4.69, 9.17) is 4.74 Å². The molecule has 7 nitrogen and oxygen atoms in total. The molecule has 0 aromatic heterocycles. The van der Waals surface area contributed by atoms with Crippen LogP contribution in [-0.4, -0.2) is 62.9 Å². The van der Waals surface area contributed by atoms with Crippen LogP contribution in [0.15, 0.2) is 121 Å². The molecule has 51 heavy (non-hydrogen) atoms. The van der Waals surface area contributed by atoms with Crippen LogP contribution in [0.4, 0.5) is 31.1 Å². The van der Waals surface area contributed by atoms with Crippen LogP contribution in [0.2, 0.25) is 0 Å². The number of halogens is 6. The molecule has 5 unspecified atom stereocenters. The Morgan fingerprint density at radius 2 is 1.16 bits per heavy atom. The first-order chi connectivity index (χ1) is 24.1. The molecule has 1 fully saturated rings. The maximum Gasteiger partial charge on any atom is 0.437 e. The molecule has 0 aliphatic carbocycles. The quantitative estimate of drug-likeness (QED) is 0.158. The fourth-order valence-electron chi connectivity index (χ4n) is 6.63. The van der Waals surface area contributed by atoms with Crippen molar-refractivity contribution in [3.05, 3.63) is 144 Å². The highest BCUT2D eigenvalue weighted by molar-refractivity contribution is 5.87. The second-order valence-corrected chi connectivity index (χ2v) is 12.6. The zero-order valence-corrected chi connectivity index (χ0v) is 27.1. The van der Waals surface area contributed by atoms with Gasteiger partial charge in [-0.2, -0.15) is 26.3 Å². The molecular weight excluding hydrogens is 678 g/mol. The van der Waals surface area contributed by atoms with E-state index in [2.05, 4.69) is 5.32 Å². The van der Waals surface area contributed by atoms with E-state index >= 15 is 26.3 Å². The second kappa shape index (κ2) is 15.2. The number of carbonyl (C=O) groups excluding carboxylic acids is 2. The van der Waals surface area contributed by atoms with Gasteiger partial charge in [0.05, 0.1) is 6.04 Å². The first kappa shape index (κ1) is 37.4. The third-order valence-corrected chi connectivity index (χ3v) is 9.18. The minimum absolute atomic E-state index is 0.0591. The Balaban J connectivity index is 1.65. The molecule has 3 N–H and O–H groups in total. The molecule has 0 spiro atoms. The summed E-state index contributed by atoms with van der Waals surface area (Å²) >= 11 is 0. The first-order valence-electron chi connectivity index (χ1n) is 16.1. The highest BCUT2D eigenvalue weighted by atomic mass is 19.4. The summed E-state index contributed by atoms with van der Waals surface area (Å²) in [6.45, 7) is -0.293. The van der Waals surface area contributed by atoms with Gasteiger partial charge in [0.2, 0.25) is 11.6 Å². The molecule has 1 aliphatic rings. The van der Waals surface area contributed by atoms with Crippen molar-refractivity contribution in [1.82, 2.24) is 10.2 Å². The number of alkyl halides is 6. The smallest absolute Gasteiger partial charge is 0.437 e. The van der Waals surface area contributed by atoms with Crippen LogP contribution < -0.4 is 5.32 Å². The molecular formula is C38H36F6N2O5. The van der Waals surface area contributed by atoms with E-state index in [0.717, 1.165) is 0 Å². The van der Waals surface area contributed by atoms with Gasteiger partial charge in [-0.3, -0.25) is 9.69 Å². The van der Waals surface area contributed by atoms with Crippen molar-refractivity contribution in [3.8, 4) is 0 Å². The number of nitrogens with zero attached hydrogens (tertiary/aromatic N) is 1. The molecule has 2 amide bonds. The van der Waals surface area contributed by atoms with E-state index in [1.807, 2.05) is 0 Å². The Hall–Kier alpha value is -4.88. The Bertz CT molecular complexity index is 1750. The molecule has 4 aromatic rings. The van der Waals surface area contributed by atoms with Crippen LogP contribution in [0.5, 0.6) is 0 Å². The van der Waals surface area contributed by atoms with Gasteiger partial charge in [0.1, 0.15) is 12.6 Å². The van der Waals surface area contributed by atoms with Gasteiger partial charge in [-0.25, -0.2) is 4.79 Å². The zero-order chi connectivity index (χ0) is 36.9. The maximum absolute atomic E-state index is 15.5. The maximum atomic E-state index is 15.5. The number of hydrogen-bond donors (Lipinski definition) is 3. The summed E-state index contributed by atoms with van der Waals surface area (Å²) in [5, 5.41) is 25.9. The second-order valence-electron chi connectivity index (χ2n) is 12.6. The van der Waals surface area contributed by atoms with Gasteiger partial charge < -0.3 is 20.3 Å². The standard InChI is InChI=1S/C38H36F6N2O5/c39-37(40,41)35(49)24-30(21-26-13-5-1-6-14-26)36(50,38(42,43)44)46(32(35)23-28-17-9-3-10-18-28)33(47)31(22-27-15-7-2-8-16-27)45-34(48)51-25-29-19-11-4-12-20-29/h1-20,30-32,49-50H,21-25H2,(H,45,48). The molecule has 1 heterocycles. The average Bonchev–Trinajstić information content (AvgIpc) is 3.10. The lowest BCUT2D eigenvalue weighted by Gasteiger charge is -2.58. The number of aliphatic hydroxyl groups is 2. The van der Waals surface area contributed by atoms with E-state index in [1.54, 1.807) is 54.6 Å². The SMILES string of the molecule is O=C(NC(Cc1ccccc1)C(=O)N1C(Cc2ccccc2)C(O)(C(F)(F)F)CC(Cc2ccccc2)C1(O)C(F)(F)F)OCc1ccccc1. The number of hydrogen-bond acceptors (Lipinski definition) is 5. The number of amides is 2. The Kier molecular flexibility index (Phi) is 11.1. The van der Waals surface area contributed by atoms with E-state index < -0.39 is 79.4 Å². The lowest BCUT2D eigenvalue weighted by atomic mass is 9.68. The summed E-state index contributed by atoms with van der Waals surface area (Å²) in [6, 6.07) is 25.7. The Morgan fingerprint density at radius 3 is 1.63 bits per heavy atom. The molecule has 0 radical (unpaired) electrons. The van der Waals surface area contributed by atoms with Gasteiger partial charge >= 0.3 is 18.4 Å². The summed E-state index contributed by atoms with van der Waals surface area (Å²) in [5.74, 6) is -4.10. The van der Waals surface area contributed by atoms with Crippen molar-refractivity contribution in [2.75, 3.05) is 0 Å². The van der Waals surface area contributed by atoms with E-state index in [-0.39, 0.29) is 22.6 Å². The van der Waals surface area contributed by atoms with Crippen LogP contribution in [0.25, 0.3) is 0 Å². The average molecular weight is 715 g/mol. The lowest BCUT2D eigenvalue weighted by Crippen LogP contribution is -2.80. The summed E-state index contributed by atoms with van der Waals surface area (Å²) in [4.78, 5) is 27.5. The van der Waals surface area contributed by atoms with Crippen molar-refractivity contribution in [3.63, 3.8) is 0 Å². The number of alkyl carbamates (subject to hydrolysis) is 1. The predicted octanol–water partition coefficient (Wildman–Crippen LogP) is 6.77. The molecule has 0 bridgehead atoms. The fraction of sp³-hybridized carbons (Fsp3) is 0.316. The number of piperidine rings is 1. The van der Waals surface area contributed by atoms with Crippen molar-refractivity contribution < 1.29 is 50.9 Å². The van der Waals surface area contributed by atoms with Gasteiger partial charge in [-0.1, -0.05) is 121 Å². The third-order valence-electron chi connectivity index (χ3n) is 9.18. The number of nitrogens with one attached hydrogen (secondary N) is 1. The van der Waals surface area contributed by atoms with Crippen LogP contribution >= 0.6 is 0 Å². The number of likely N-dealkylation sites (tertiary alicyclic amines) is 1. The highest BCUT2D eigenvalue weighted by Crippen LogP contribution is 2.54. The van der Waals surface area contributed by atoms with Gasteiger partial charge in [-0.15, -0.1) is 0 Å². The largest absolute Gasteiger partial charge is 0.445 e. The molecule has 4 aromatic carbocycles. The topological polar surface area (TPSA) is 99.1 Å². The van der Waals surface area contributed by atoms with Gasteiger partial charge in [-0.05, 0) is 41.5 Å². The Labute approximate surface area is 290 Å². The highest BCUT2D eigenvalue weighted by Gasteiger charge is 2.75. The lowest BCUT2D eigenvalue weighted by molar-refractivity contribution is -0.387. The molecule has 1 aliphatic heterocycles. The monoisotopic (exact) mass is 714 g/mol. The normalized spacial score (nSPS) is 22.9. The van der Waals surface area contributed by atoms with Crippen molar-refractivity contribution >= 4 is 12.0 Å². The zero-order valence-electron chi connectivity index (χ0n) is 27.1. The molecule has 5 rings (SSSR count). The molecule has 13 heteroatoms. The van der Waals surface area contributed by atoms with Crippen molar-refractivity contribution in [2.24, 2.45) is 5.92 Å². The number of rotatable bonds is 10. The number of carbonyl (C=O) groups is 2. The molecule has 270 valence electrons. The minimum Gasteiger partial charge on any atom is -0.445 e. The predicted molar refractivity (Wildman–Crippen MR) is 175 cm³/mol.